The van der Waals surface area contributed by atoms with Gasteiger partial charge >= 0.3 is 12.0 Å². The third kappa shape index (κ3) is 4.61. The number of carboxylic acids is 1. The lowest BCUT2D eigenvalue weighted by Gasteiger charge is -2.27. The summed E-state index contributed by atoms with van der Waals surface area (Å²) in [5, 5.41) is 14.0. The van der Waals surface area contributed by atoms with E-state index in [4.69, 9.17) is 9.52 Å². The quantitative estimate of drug-likeness (QED) is 0.763. The zero-order chi connectivity index (χ0) is 14.6. The fraction of sp³-hybridized carbons (Fsp3) is 0.583. The van der Waals surface area contributed by atoms with E-state index in [1.807, 2.05) is 0 Å². The summed E-state index contributed by atoms with van der Waals surface area (Å²) >= 11 is 0. The Morgan fingerprint density at radius 1 is 1.47 bits per heavy atom. The summed E-state index contributed by atoms with van der Waals surface area (Å²) in [6.45, 7) is 7.07. The molecule has 0 aliphatic rings. The van der Waals surface area contributed by atoms with Crippen LogP contribution < -0.4 is 10.6 Å². The van der Waals surface area contributed by atoms with Gasteiger partial charge in [0.2, 0.25) is 5.89 Å². The van der Waals surface area contributed by atoms with E-state index in [0.29, 0.717) is 11.7 Å². The fourth-order valence-electron chi connectivity index (χ4n) is 1.47. The van der Waals surface area contributed by atoms with E-state index >= 15 is 0 Å². The van der Waals surface area contributed by atoms with Crippen molar-refractivity contribution in [3.8, 4) is 0 Å². The molecule has 1 aromatic rings. The fourth-order valence-corrected chi connectivity index (χ4v) is 1.47. The number of amides is 2. The van der Waals surface area contributed by atoms with E-state index in [-0.39, 0.29) is 6.54 Å². The Morgan fingerprint density at radius 2 is 2.11 bits per heavy atom. The van der Waals surface area contributed by atoms with Crippen LogP contribution in [0.1, 0.15) is 32.4 Å². The lowest BCUT2D eigenvalue weighted by Crippen LogP contribution is -2.52. The van der Waals surface area contributed by atoms with Crippen molar-refractivity contribution >= 4 is 12.0 Å². The van der Waals surface area contributed by atoms with Gasteiger partial charge < -0.3 is 20.2 Å². The Kier molecular flexibility index (Phi) is 4.52. The van der Waals surface area contributed by atoms with Gasteiger partial charge in [-0.05, 0) is 12.3 Å². The average molecular weight is 269 g/mol. The SMILES string of the molecule is Cc1cnc(CNC(=O)N[C@@H](C(=O)O)C(C)(C)C)o1. The molecule has 1 heterocycles. The Morgan fingerprint density at radius 3 is 2.53 bits per heavy atom. The molecule has 0 saturated heterocycles. The van der Waals surface area contributed by atoms with Crippen LogP contribution in [0.25, 0.3) is 0 Å². The zero-order valence-corrected chi connectivity index (χ0v) is 11.5. The number of aliphatic carboxylic acids is 1. The van der Waals surface area contributed by atoms with Gasteiger partial charge in [0.15, 0.2) is 0 Å². The maximum Gasteiger partial charge on any atom is 0.326 e. The largest absolute Gasteiger partial charge is 0.480 e. The van der Waals surface area contributed by atoms with Crippen LogP contribution in [0.4, 0.5) is 4.79 Å². The minimum absolute atomic E-state index is 0.107. The molecule has 0 fully saturated rings. The van der Waals surface area contributed by atoms with Gasteiger partial charge in [-0.25, -0.2) is 14.6 Å². The normalized spacial score (nSPS) is 12.8. The van der Waals surface area contributed by atoms with E-state index in [1.54, 1.807) is 33.9 Å². The Bertz CT molecular complexity index is 462. The van der Waals surface area contributed by atoms with Crippen LogP contribution in [0.3, 0.4) is 0 Å². The van der Waals surface area contributed by atoms with Crippen molar-refractivity contribution in [2.45, 2.75) is 40.3 Å². The standard InChI is InChI=1S/C12H19N3O4/c1-7-5-13-8(19-7)6-14-11(18)15-9(10(16)17)12(2,3)4/h5,9H,6H2,1-4H3,(H,16,17)(H2,14,15,18)/t9-/m0/s1. The summed E-state index contributed by atoms with van der Waals surface area (Å²) in [7, 11) is 0. The molecule has 0 spiro atoms. The van der Waals surface area contributed by atoms with Gasteiger partial charge in [0.25, 0.3) is 0 Å². The number of hydrogen-bond donors (Lipinski definition) is 3. The van der Waals surface area contributed by atoms with Gasteiger partial charge in [0.05, 0.1) is 12.7 Å². The smallest absolute Gasteiger partial charge is 0.326 e. The molecule has 0 saturated carbocycles. The maximum absolute atomic E-state index is 11.6. The number of rotatable bonds is 4. The molecule has 1 rings (SSSR count). The van der Waals surface area contributed by atoms with Crippen molar-refractivity contribution in [1.82, 2.24) is 15.6 Å². The van der Waals surface area contributed by atoms with Crippen LogP contribution in [0, 0.1) is 12.3 Å². The Hall–Kier alpha value is -2.05. The molecule has 0 unspecified atom stereocenters. The molecular formula is C12H19N3O4. The zero-order valence-electron chi connectivity index (χ0n) is 11.5. The van der Waals surface area contributed by atoms with E-state index in [9.17, 15) is 9.59 Å². The number of oxazole rings is 1. The van der Waals surface area contributed by atoms with Gasteiger partial charge in [0.1, 0.15) is 11.8 Å². The molecule has 0 aromatic carbocycles. The monoisotopic (exact) mass is 269 g/mol. The minimum atomic E-state index is -1.07. The highest BCUT2D eigenvalue weighted by atomic mass is 16.4. The van der Waals surface area contributed by atoms with Gasteiger partial charge in [-0.3, -0.25) is 0 Å². The number of carbonyl (C=O) groups is 2. The van der Waals surface area contributed by atoms with Crippen LogP contribution in [-0.4, -0.2) is 28.1 Å². The predicted molar refractivity (Wildman–Crippen MR) is 67.5 cm³/mol. The van der Waals surface area contributed by atoms with Crippen LogP contribution >= 0.6 is 0 Å². The number of carbonyl (C=O) groups excluding carboxylic acids is 1. The summed E-state index contributed by atoms with van der Waals surface area (Å²) < 4.78 is 5.18. The summed E-state index contributed by atoms with van der Waals surface area (Å²) in [4.78, 5) is 26.6. The predicted octanol–water partition coefficient (Wildman–Crippen LogP) is 1.28. The van der Waals surface area contributed by atoms with Crippen molar-refractivity contribution in [1.29, 1.82) is 0 Å². The number of nitrogens with zero attached hydrogens (tertiary/aromatic N) is 1. The highest BCUT2D eigenvalue weighted by Gasteiger charge is 2.32. The van der Waals surface area contributed by atoms with Crippen molar-refractivity contribution in [3.05, 3.63) is 17.8 Å². The first-order valence-electron chi connectivity index (χ1n) is 5.88. The molecule has 0 aliphatic heterocycles. The molecule has 7 nitrogen and oxygen atoms in total. The first kappa shape index (κ1) is 15.0. The molecule has 0 radical (unpaired) electrons. The molecular weight excluding hydrogens is 250 g/mol. The summed E-state index contributed by atoms with van der Waals surface area (Å²) in [5.41, 5.74) is -0.581. The van der Waals surface area contributed by atoms with E-state index in [1.165, 1.54) is 0 Å². The highest BCUT2D eigenvalue weighted by molar-refractivity contribution is 5.83. The maximum atomic E-state index is 11.6. The van der Waals surface area contributed by atoms with Gasteiger partial charge in [0, 0.05) is 0 Å². The Labute approximate surface area is 111 Å². The molecule has 106 valence electrons. The Balaban J connectivity index is 2.52. The molecule has 7 heteroatoms. The van der Waals surface area contributed by atoms with Crippen LogP contribution in [0.5, 0.6) is 0 Å². The van der Waals surface area contributed by atoms with Crippen LogP contribution in [0.2, 0.25) is 0 Å². The molecule has 1 aromatic heterocycles. The second-order valence-electron chi connectivity index (χ2n) is 5.33. The van der Waals surface area contributed by atoms with Gasteiger partial charge in [-0.15, -0.1) is 0 Å². The molecule has 2 amide bonds. The van der Waals surface area contributed by atoms with E-state index in [2.05, 4.69) is 15.6 Å². The number of aromatic nitrogens is 1. The molecule has 0 bridgehead atoms. The van der Waals surface area contributed by atoms with Crippen molar-refractivity contribution in [2.24, 2.45) is 5.41 Å². The van der Waals surface area contributed by atoms with Crippen molar-refractivity contribution < 1.29 is 19.1 Å². The molecule has 19 heavy (non-hydrogen) atoms. The third-order valence-corrected chi connectivity index (χ3v) is 2.46. The molecule has 3 N–H and O–H groups in total. The number of hydrogen-bond acceptors (Lipinski definition) is 4. The highest BCUT2D eigenvalue weighted by Crippen LogP contribution is 2.19. The number of aryl methyl sites for hydroxylation is 1. The van der Waals surface area contributed by atoms with Crippen LogP contribution in [0.15, 0.2) is 10.6 Å². The number of urea groups is 1. The van der Waals surface area contributed by atoms with Crippen molar-refractivity contribution in [3.63, 3.8) is 0 Å². The number of nitrogens with one attached hydrogen (secondary N) is 2. The lowest BCUT2D eigenvalue weighted by atomic mass is 9.87. The topological polar surface area (TPSA) is 104 Å². The lowest BCUT2D eigenvalue weighted by molar-refractivity contribution is -0.141. The summed E-state index contributed by atoms with van der Waals surface area (Å²) in [5.74, 6) is -0.0554. The molecule has 0 aliphatic carbocycles. The third-order valence-electron chi connectivity index (χ3n) is 2.46. The van der Waals surface area contributed by atoms with Gasteiger partial charge in [-0.2, -0.15) is 0 Å². The summed E-state index contributed by atoms with van der Waals surface area (Å²) in [6, 6.07) is -1.54. The van der Waals surface area contributed by atoms with Gasteiger partial charge in [-0.1, -0.05) is 20.8 Å². The van der Waals surface area contributed by atoms with Crippen LogP contribution in [-0.2, 0) is 11.3 Å². The van der Waals surface area contributed by atoms with E-state index in [0.717, 1.165) is 0 Å². The average Bonchev–Trinajstić information content (AvgIpc) is 2.67. The number of carboxylic acid groups (broad SMARTS) is 1. The second-order valence-corrected chi connectivity index (χ2v) is 5.33. The first-order chi connectivity index (χ1) is 8.70. The second kappa shape index (κ2) is 5.73. The first-order valence-corrected chi connectivity index (χ1v) is 5.88. The van der Waals surface area contributed by atoms with Crippen molar-refractivity contribution in [2.75, 3.05) is 0 Å². The van der Waals surface area contributed by atoms with E-state index < -0.39 is 23.5 Å². The minimum Gasteiger partial charge on any atom is -0.480 e. The summed E-state index contributed by atoms with van der Waals surface area (Å²) in [6.07, 6.45) is 1.55. The molecule has 1 atom stereocenters.